The number of alkyl halides is 3. The lowest BCUT2D eigenvalue weighted by molar-refractivity contribution is -0.158. The van der Waals surface area contributed by atoms with Gasteiger partial charge in [0.15, 0.2) is 0 Å². The molecule has 0 spiro atoms. The highest BCUT2D eigenvalue weighted by Gasteiger charge is 2.46. The third kappa shape index (κ3) is 3.26. The summed E-state index contributed by atoms with van der Waals surface area (Å²) in [6.07, 6.45) is -4.40. The first-order chi connectivity index (χ1) is 7.88. The molecule has 98 valence electrons. The van der Waals surface area contributed by atoms with E-state index in [2.05, 4.69) is 10.3 Å². The van der Waals surface area contributed by atoms with Crippen molar-refractivity contribution in [1.82, 2.24) is 5.32 Å². The van der Waals surface area contributed by atoms with E-state index in [1.54, 1.807) is 0 Å². The van der Waals surface area contributed by atoms with Gasteiger partial charge >= 0.3 is 6.18 Å². The van der Waals surface area contributed by atoms with Gasteiger partial charge in [-0.25, -0.2) is 0 Å². The molecule has 0 aromatic carbocycles. The van der Waals surface area contributed by atoms with Gasteiger partial charge in [0.2, 0.25) is 0 Å². The standard InChI is InChI=1S/C9H15F3N4O/c1-17-3-2-15-7(13)6-5(9(10,11)12)4-16-8(6)14/h5,15H,2-4,13H2,1H3,(H2,14,16). The lowest BCUT2D eigenvalue weighted by Crippen LogP contribution is -2.35. The molecule has 1 heterocycles. The molecule has 1 aliphatic rings. The summed E-state index contributed by atoms with van der Waals surface area (Å²) in [5.41, 5.74) is 10.8. The van der Waals surface area contributed by atoms with Gasteiger partial charge < -0.3 is 21.5 Å². The van der Waals surface area contributed by atoms with Gasteiger partial charge in [-0.1, -0.05) is 0 Å². The van der Waals surface area contributed by atoms with Crippen LogP contribution in [0.1, 0.15) is 0 Å². The van der Waals surface area contributed by atoms with Crippen molar-refractivity contribution in [2.24, 2.45) is 22.4 Å². The van der Waals surface area contributed by atoms with Crippen LogP contribution >= 0.6 is 0 Å². The molecule has 0 saturated heterocycles. The third-order valence-electron chi connectivity index (χ3n) is 2.38. The van der Waals surface area contributed by atoms with Crippen LogP contribution in [-0.2, 0) is 4.74 Å². The van der Waals surface area contributed by atoms with Gasteiger partial charge in [0.05, 0.1) is 13.2 Å². The van der Waals surface area contributed by atoms with Crippen molar-refractivity contribution in [3.05, 3.63) is 11.4 Å². The number of rotatable bonds is 4. The normalized spacial score (nSPS) is 23.5. The van der Waals surface area contributed by atoms with Crippen molar-refractivity contribution in [3.63, 3.8) is 0 Å². The highest BCUT2D eigenvalue weighted by atomic mass is 19.4. The van der Waals surface area contributed by atoms with Crippen molar-refractivity contribution in [3.8, 4) is 0 Å². The molecular formula is C9H15F3N4O. The maximum Gasteiger partial charge on any atom is 0.397 e. The molecule has 1 rings (SSSR count). The first-order valence-corrected chi connectivity index (χ1v) is 4.97. The maximum absolute atomic E-state index is 12.7. The van der Waals surface area contributed by atoms with E-state index in [9.17, 15) is 13.2 Å². The molecule has 17 heavy (non-hydrogen) atoms. The second-order valence-corrected chi connectivity index (χ2v) is 3.57. The average molecular weight is 252 g/mol. The maximum atomic E-state index is 12.7. The molecule has 0 fully saturated rings. The quantitative estimate of drug-likeness (QED) is 0.612. The number of ether oxygens (including phenoxy) is 1. The van der Waals surface area contributed by atoms with Crippen LogP contribution in [0, 0.1) is 5.92 Å². The van der Waals surface area contributed by atoms with Crippen molar-refractivity contribution < 1.29 is 17.9 Å². The van der Waals surface area contributed by atoms with Crippen LogP contribution in [0.4, 0.5) is 13.2 Å². The van der Waals surface area contributed by atoms with E-state index in [-0.39, 0.29) is 17.2 Å². The van der Waals surface area contributed by atoms with Gasteiger partial charge in [-0.2, -0.15) is 13.2 Å². The monoisotopic (exact) mass is 252 g/mol. The van der Waals surface area contributed by atoms with Crippen molar-refractivity contribution in [2.75, 3.05) is 26.8 Å². The zero-order valence-corrected chi connectivity index (χ0v) is 9.34. The molecule has 1 aliphatic heterocycles. The fourth-order valence-corrected chi connectivity index (χ4v) is 1.52. The van der Waals surface area contributed by atoms with E-state index in [0.717, 1.165) is 0 Å². The zero-order chi connectivity index (χ0) is 13.1. The van der Waals surface area contributed by atoms with Crippen LogP contribution in [0.2, 0.25) is 0 Å². The van der Waals surface area contributed by atoms with E-state index >= 15 is 0 Å². The Kier molecular flexibility index (Phi) is 4.22. The Bertz CT molecular complexity index is 338. The number of nitrogens with two attached hydrogens (primary N) is 2. The van der Waals surface area contributed by atoms with Gasteiger partial charge in [0, 0.05) is 19.2 Å². The first kappa shape index (κ1) is 13.6. The van der Waals surface area contributed by atoms with Crippen LogP contribution in [0.25, 0.3) is 0 Å². The summed E-state index contributed by atoms with van der Waals surface area (Å²) in [6, 6.07) is 0. The van der Waals surface area contributed by atoms with Crippen LogP contribution in [0.15, 0.2) is 16.4 Å². The number of aliphatic imine (C=N–C) groups is 1. The summed E-state index contributed by atoms with van der Waals surface area (Å²) in [5, 5.41) is 2.63. The first-order valence-electron chi connectivity index (χ1n) is 4.97. The average Bonchev–Trinajstić information content (AvgIpc) is 2.60. The van der Waals surface area contributed by atoms with Crippen molar-refractivity contribution in [1.29, 1.82) is 0 Å². The largest absolute Gasteiger partial charge is 0.397 e. The Balaban J connectivity index is 2.82. The molecule has 0 aliphatic carbocycles. The summed E-state index contributed by atoms with van der Waals surface area (Å²) in [6.45, 7) is 0.239. The highest BCUT2D eigenvalue weighted by Crippen LogP contribution is 2.35. The molecule has 0 aromatic heterocycles. The van der Waals surface area contributed by atoms with E-state index in [1.807, 2.05) is 0 Å². The summed E-state index contributed by atoms with van der Waals surface area (Å²) in [4.78, 5) is 3.58. The minimum Gasteiger partial charge on any atom is -0.385 e. The summed E-state index contributed by atoms with van der Waals surface area (Å²) in [7, 11) is 1.48. The topological polar surface area (TPSA) is 85.7 Å². The van der Waals surface area contributed by atoms with Gasteiger partial charge in [0.25, 0.3) is 0 Å². The fraction of sp³-hybridized carbons (Fsp3) is 0.667. The molecule has 1 unspecified atom stereocenters. The van der Waals surface area contributed by atoms with Gasteiger partial charge in [-0.15, -0.1) is 0 Å². The van der Waals surface area contributed by atoms with Crippen LogP contribution in [0.5, 0.6) is 0 Å². The van der Waals surface area contributed by atoms with Crippen LogP contribution < -0.4 is 16.8 Å². The summed E-state index contributed by atoms with van der Waals surface area (Å²) in [5.74, 6) is -1.98. The Morgan fingerprint density at radius 3 is 2.76 bits per heavy atom. The molecule has 8 heteroatoms. The predicted octanol–water partition coefficient (Wildman–Crippen LogP) is -0.0580. The minimum atomic E-state index is -4.40. The molecule has 5 nitrogen and oxygen atoms in total. The minimum absolute atomic E-state index is 0.0943. The summed E-state index contributed by atoms with van der Waals surface area (Å²) < 4.78 is 42.7. The fourth-order valence-electron chi connectivity index (χ4n) is 1.52. The molecule has 0 aromatic rings. The van der Waals surface area contributed by atoms with E-state index in [0.29, 0.717) is 13.2 Å². The molecule has 5 N–H and O–H groups in total. The van der Waals surface area contributed by atoms with Gasteiger partial charge in [0.1, 0.15) is 17.6 Å². The van der Waals surface area contributed by atoms with Crippen molar-refractivity contribution in [2.45, 2.75) is 6.18 Å². The Labute approximate surface area is 96.7 Å². The molecule has 0 saturated carbocycles. The van der Waals surface area contributed by atoms with Gasteiger partial charge in [-0.05, 0) is 0 Å². The van der Waals surface area contributed by atoms with E-state index < -0.39 is 18.6 Å². The van der Waals surface area contributed by atoms with Gasteiger partial charge in [-0.3, -0.25) is 4.99 Å². The second kappa shape index (κ2) is 5.26. The Morgan fingerprint density at radius 2 is 2.24 bits per heavy atom. The van der Waals surface area contributed by atoms with Crippen LogP contribution in [0.3, 0.4) is 0 Å². The van der Waals surface area contributed by atoms with Crippen molar-refractivity contribution >= 4 is 5.84 Å². The van der Waals surface area contributed by atoms with E-state index in [1.165, 1.54) is 7.11 Å². The number of hydrogen-bond acceptors (Lipinski definition) is 5. The molecule has 0 amide bonds. The Morgan fingerprint density at radius 1 is 1.59 bits per heavy atom. The predicted molar refractivity (Wildman–Crippen MR) is 57.1 cm³/mol. The molecule has 0 bridgehead atoms. The Hall–Kier alpha value is -1.44. The SMILES string of the molecule is COCCNC(N)=C1C(N)=NCC1C(F)(F)F. The third-order valence-corrected chi connectivity index (χ3v) is 2.38. The lowest BCUT2D eigenvalue weighted by Gasteiger charge is -2.18. The number of nitrogens with zero attached hydrogens (tertiary/aromatic N) is 1. The van der Waals surface area contributed by atoms with Crippen LogP contribution in [-0.4, -0.2) is 38.8 Å². The molecular weight excluding hydrogens is 237 g/mol. The van der Waals surface area contributed by atoms with E-state index in [4.69, 9.17) is 16.2 Å². The number of amidine groups is 1. The smallest absolute Gasteiger partial charge is 0.385 e. The summed E-state index contributed by atoms with van der Waals surface area (Å²) >= 11 is 0. The number of hydrogen-bond donors (Lipinski definition) is 3. The lowest BCUT2D eigenvalue weighted by atomic mass is 10.0. The number of nitrogens with one attached hydrogen (secondary N) is 1. The second-order valence-electron chi connectivity index (χ2n) is 3.57. The zero-order valence-electron chi connectivity index (χ0n) is 9.34. The number of halogens is 3. The highest BCUT2D eigenvalue weighted by molar-refractivity contribution is 5.99. The molecule has 0 radical (unpaired) electrons. The molecule has 1 atom stereocenters. The number of methoxy groups -OCH3 is 1.